The minimum Gasteiger partial charge on any atom is -0.481 e. The van der Waals surface area contributed by atoms with Gasteiger partial charge in [0.25, 0.3) is 5.91 Å². The summed E-state index contributed by atoms with van der Waals surface area (Å²) in [5, 5.41) is 9.32. The second-order valence-electron chi connectivity index (χ2n) is 4.78. The van der Waals surface area contributed by atoms with E-state index in [9.17, 15) is 14.7 Å². The van der Waals surface area contributed by atoms with Crippen LogP contribution in [0, 0.1) is 5.41 Å². The van der Waals surface area contributed by atoms with E-state index in [1.807, 2.05) is 6.92 Å². The molecule has 1 saturated heterocycles. The highest BCUT2D eigenvalue weighted by atomic mass is 79.9. The predicted molar refractivity (Wildman–Crippen MR) is 72.8 cm³/mol. The zero-order valence-corrected chi connectivity index (χ0v) is 12.2. The van der Waals surface area contributed by atoms with Crippen molar-refractivity contribution in [3.63, 3.8) is 0 Å². The number of nitrogens with zero attached hydrogens (tertiary/aromatic N) is 2. The lowest BCUT2D eigenvalue weighted by Crippen LogP contribution is -2.36. The smallest absolute Gasteiger partial charge is 0.311 e. The van der Waals surface area contributed by atoms with Crippen LogP contribution in [0.2, 0.25) is 0 Å². The molecular weight excluding hydrogens is 312 g/mol. The summed E-state index contributed by atoms with van der Waals surface area (Å²) in [5.41, 5.74) is -0.265. The molecule has 1 amide bonds. The number of hydrogen-bond acceptors (Lipinski definition) is 3. The van der Waals surface area contributed by atoms with Gasteiger partial charge in [0.15, 0.2) is 0 Å². The summed E-state index contributed by atoms with van der Waals surface area (Å²) in [5.74, 6) is -0.958. The number of aromatic nitrogens is 1. The Balaban J connectivity index is 2.17. The van der Waals surface area contributed by atoms with Crippen molar-refractivity contribution in [2.75, 3.05) is 13.1 Å². The van der Waals surface area contributed by atoms with Crippen LogP contribution < -0.4 is 0 Å². The van der Waals surface area contributed by atoms with Gasteiger partial charge in [0.1, 0.15) is 4.60 Å². The van der Waals surface area contributed by atoms with E-state index >= 15 is 0 Å². The summed E-state index contributed by atoms with van der Waals surface area (Å²) in [4.78, 5) is 29.3. The molecule has 1 aromatic rings. The van der Waals surface area contributed by atoms with Gasteiger partial charge in [-0.1, -0.05) is 6.92 Å². The van der Waals surface area contributed by atoms with Crippen LogP contribution in [0.4, 0.5) is 0 Å². The molecular formula is C13H15BrN2O3. The van der Waals surface area contributed by atoms with E-state index in [2.05, 4.69) is 20.9 Å². The Morgan fingerprint density at radius 3 is 2.84 bits per heavy atom. The van der Waals surface area contributed by atoms with E-state index in [4.69, 9.17) is 0 Å². The maximum absolute atomic E-state index is 12.3. The molecule has 0 saturated carbocycles. The second kappa shape index (κ2) is 5.28. The Kier molecular flexibility index (Phi) is 3.89. The van der Waals surface area contributed by atoms with E-state index in [1.165, 1.54) is 0 Å². The lowest BCUT2D eigenvalue weighted by molar-refractivity contribution is -0.148. The van der Waals surface area contributed by atoms with Crippen molar-refractivity contribution < 1.29 is 14.7 Å². The zero-order valence-electron chi connectivity index (χ0n) is 10.6. The normalized spacial score (nSPS) is 22.5. The van der Waals surface area contributed by atoms with Crippen LogP contribution in [0.5, 0.6) is 0 Å². The van der Waals surface area contributed by atoms with Crippen molar-refractivity contribution in [3.05, 3.63) is 28.5 Å². The van der Waals surface area contributed by atoms with Crippen LogP contribution in [0.1, 0.15) is 30.1 Å². The molecule has 0 aliphatic carbocycles. The van der Waals surface area contributed by atoms with Gasteiger partial charge in [0.05, 0.1) is 5.41 Å². The fourth-order valence-electron chi connectivity index (χ4n) is 2.38. The van der Waals surface area contributed by atoms with Crippen molar-refractivity contribution in [1.29, 1.82) is 0 Å². The molecule has 1 atom stereocenters. The molecule has 0 spiro atoms. The monoisotopic (exact) mass is 326 g/mol. The molecule has 1 unspecified atom stereocenters. The van der Waals surface area contributed by atoms with Crippen LogP contribution >= 0.6 is 15.9 Å². The van der Waals surface area contributed by atoms with Crippen LogP contribution in [-0.2, 0) is 4.79 Å². The van der Waals surface area contributed by atoms with E-state index in [0.717, 1.165) is 0 Å². The number of amides is 1. The summed E-state index contributed by atoms with van der Waals surface area (Å²) < 4.78 is 0.595. The summed E-state index contributed by atoms with van der Waals surface area (Å²) in [6.07, 6.45) is 2.60. The molecule has 2 rings (SSSR count). The first-order valence-electron chi connectivity index (χ1n) is 6.13. The quantitative estimate of drug-likeness (QED) is 0.864. The first-order chi connectivity index (χ1) is 8.98. The third kappa shape index (κ3) is 2.63. The van der Waals surface area contributed by atoms with Gasteiger partial charge in [0, 0.05) is 24.8 Å². The van der Waals surface area contributed by atoms with Crippen molar-refractivity contribution >= 4 is 27.8 Å². The number of carbonyl (C=O) groups excluding carboxylic acids is 1. The van der Waals surface area contributed by atoms with E-state index in [0.29, 0.717) is 29.6 Å². The Morgan fingerprint density at radius 1 is 1.58 bits per heavy atom. The van der Waals surface area contributed by atoms with E-state index in [-0.39, 0.29) is 12.5 Å². The maximum atomic E-state index is 12.3. The fraction of sp³-hybridized carbons (Fsp3) is 0.462. The lowest BCUT2D eigenvalue weighted by atomic mass is 9.84. The number of hydrogen-bond donors (Lipinski definition) is 1. The maximum Gasteiger partial charge on any atom is 0.311 e. The average molecular weight is 327 g/mol. The highest BCUT2D eigenvalue weighted by Gasteiger charge is 2.44. The SMILES string of the molecule is CCC1(C(=O)O)CCN(C(=O)c2ccnc(Br)c2)C1. The number of carboxylic acids is 1. The topological polar surface area (TPSA) is 70.5 Å². The van der Waals surface area contributed by atoms with Gasteiger partial charge < -0.3 is 10.0 Å². The molecule has 1 aliphatic rings. The van der Waals surface area contributed by atoms with Gasteiger partial charge in [0.2, 0.25) is 0 Å². The molecule has 0 bridgehead atoms. The number of likely N-dealkylation sites (tertiary alicyclic amines) is 1. The molecule has 1 N–H and O–H groups in total. The molecule has 0 radical (unpaired) electrons. The third-order valence-electron chi connectivity index (χ3n) is 3.74. The van der Waals surface area contributed by atoms with Crippen LogP contribution in [0.3, 0.4) is 0 Å². The van der Waals surface area contributed by atoms with Gasteiger partial charge >= 0.3 is 5.97 Å². The predicted octanol–water partition coefficient (Wildman–Crippen LogP) is 2.17. The number of pyridine rings is 1. The van der Waals surface area contributed by atoms with E-state index < -0.39 is 11.4 Å². The third-order valence-corrected chi connectivity index (χ3v) is 4.18. The van der Waals surface area contributed by atoms with Crippen molar-refractivity contribution in [1.82, 2.24) is 9.88 Å². The molecule has 19 heavy (non-hydrogen) atoms. The van der Waals surface area contributed by atoms with Crippen molar-refractivity contribution in [2.45, 2.75) is 19.8 Å². The molecule has 2 heterocycles. The Morgan fingerprint density at radius 2 is 2.32 bits per heavy atom. The first kappa shape index (κ1) is 14.0. The minimum absolute atomic E-state index is 0.139. The number of halogens is 1. The molecule has 102 valence electrons. The van der Waals surface area contributed by atoms with Gasteiger partial charge in [-0.2, -0.15) is 0 Å². The van der Waals surface area contributed by atoms with Gasteiger partial charge in [-0.05, 0) is 40.9 Å². The van der Waals surface area contributed by atoms with Crippen LogP contribution in [0.15, 0.2) is 22.9 Å². The van der Waals surface area contributed by atoms with Gasteiger partial charge in [-0.25, -0.2) is 4.98 Å². The number of rotatable bonds is 3. The molecule has 0 aromatic carbocycles. The summed E-state index contributed by atoms with van der Waals surface area (Å²) >= 11 is 3.22. The Hall–Kier alpha value is -1.43. The van der Waals surface area contributed by atoms with Gasteiger partial charge in [-0.15, -0.1) is 0 Å². The largest absolute Gasteiger partial charge is 0.481 e. The summed E-state index contributed by atoms with van der Waals surface area (Å²) in [6.45, 7) is 2.61. The highest BCUT2D eigenvalue weighted by Crippen LogP contribution is 2.34. The zero-order chi connectivity index (χ0) is 14.0. The van der Waals surface area contributed by atoms with Crippen LogP contribution in [-0.4, -0.2) is 40.0 Å². The minimum atomic E-state index is -0.818. The fourth-order valence-corrected chi connectivity index (χ4v) is 2.74. The molecule has 5 nitrogen and oxygen atoms in total. The first-order valence-corrected chi connectivity index (χ1v) is 6.92. The lowest BCUT2D eigenvalue weighted by Gasteiger charge is -2.23. The van der Waals surface area contributed by atoms with Crippen molar-refractivity contribution in [3.8, 4) is 0 Å². The second-order valence-corrected chi connectivity index (χ2v) is 5.60. The molecule has 1 aliphatic heterocycles. The molecule has 1 fully saturated rings. The Labute approximate surface area is 119 Å². The number of aliphatic carboxylic acids is 1. The van der Waals surface area contributed by atoms with Gasteiger partial charge in [-0.3, -0.25) is 9.59 Å². The van der Waals surface area contributed by atoms with Crippen molar-refractivity contribution in [2.24, 2.45) is 5.41 Å². The summed E-state index contributed by atoms with van der Waals surface area (Å²) in [7, 11) is 0. The summed E-state index contributed by atoms with van der Waals surface area (Å²) in [6, 6.07) is 3.29. The Bertz CT molecular complexity index is 520. The number of carboxylic acid groups (broad SMARTS) is 1. The average Bonchev–Trinajstić information content (AvgIpc) is 2.83. The molecule has 1 aromatic heterocycles. The molecule has 6 heteroatoms. The van der Waals surface area contributed by atoms with Crippen LogP contribution in [0.25, 0.3) is 0 Å². The standard InChI is InChI=1S/C13H15BrN2O3/c1-2-13(12(18)19)4-6-16(8-13)11(17)9-3-5-15-10(14)7-9/h3,5,7H,2,4,6,8H2,1H3,(H,18,19). The van der Waals surface area contributed by atoms with E-state index in [1.54, 1.807) is 23.2 Å². The highest BCUT2D eigenvalue weighted by molar-refractivity contribution is 9.10. The number of carbonyl (C=O) groups is 2.